The number of aromatic nitrogens is 4. The molecule has 0 saturated heterocycles. The van der Waals surface area contributed by atoms with E-state index >= 15 is 0 Å². The highest BCUT2D eigenvalue weighted by Crippen LogP contribution is 2.37. The summed E-state index contributed by atoms with van der Waals surface area (Å²) in [5, 5.41) is 7.81. The third-order valence-corrected chi connectivity index (χ3v) is 5.40. The molecule has 5 heteroatoms. The van der Waals surface area contributed by atoms with Crippen molar-refractivity contribution >= 4 is 5.78 Å². The Morgan fingerprint density at radius 2 is 1.57 bits per heavy atom. The van der Waals surface area contributed by atoms with Crippen molar-refractivity contribution < 1.29 is 4.79 Å². The van der Waals surface area contributed by atoms with E-state index in [-0.39, 0.29) is 5.78 Å². The predicted molar refractivity (Wildman–Crippen MR) is 111 cm³/mol. The summed E-state index contributed by atoms with van der Waals surface area (Å²) in [4.78, 5) is 21.6. The zero-order chi connectivity index (χ0) is 20.0. The molecule has 0 bridgehead atoms. The van der Waals surface area contributed by atoms with Crippen molar-refractivity contribution in [1.82, 2.24) is 20.2 Å². The summed E-state index contributed by atoms with van der Waals surface area (Å²) in [6, 6.07) is 7.66. The van der Waals surface area contributed by atoms with Gasteiger partial charge in [0.25, 0.3) is 0 Å². The van der Waals surface area contributed by atoms with Crippen LogP contribution in [0.1, 0.15) is 79.5 Å². The van der Waals surface area contributed by atoms with E-state index in [9.17, 15) is 4.79 Å². The maximum Gasteiger partial charge on any atom is 0.159 e. The van der Waals surface area contributed by atoms with Crippen LogP contribution >= 0.6 is 0 Å². The van der Waals surface area contributed by atoms with Crippen LogP contribution in [0.15, 0.2) is 24.3 Å². The van der Waals surface area contributed by atoms with Gasteiger partial charge in [0.15, 0.2) is 5.78 Å². The van der Waals surface area contributed by atoms with Crippen LogP contribution in [-0.2, 0) is 12.8 Å². The van der Waals surface area contributed by atoms with Crippen molar-refractivity contribution in [1.29, 1.82) is 0 Å². The molecule has 5 nitrogen and oxygen atoms in total. The molecule has 2 aromatic heterocycles. The zero-order valence-electron chi connectivity index (χ0n) is 17.1. The van der Waals surface area contributed by atoms with E-state index < -0.39 is 0 Å². The number of nitrogens with one attached hydrogen (secondary N) is 1. The van der Waals surface area contributed by atoms with E-state index in [1.807, 2.05) is 24.3 Å². The van der Waals surface area contributed by atoms with Gasteiger partial charge in [0.1, 0.15) is 5.69 Å². The molecule has 0 fully saturated rings. The van der Waals surface area contributed by atoms with Crippen molar-refractivity contribution in [3.8, 4) is 22.6 Å². The summed E-state index contributed by atoms with van der Waals surface area (Å²) in [7, 11) is 0. The number of aryl methyl sites for hydroxylation is 1. The van der Waals surface area contributed by atoms with Crippen LogP contribution in [0.5, 0.6) is 0 Å². The van der Waals surface area contributed by atoms with Crippen LogP contribution in [0.25, 0.3) is 22.6 Å². The Bertz CT molecular complexity index is 1050. The molecular formula is C23H26N4O. The molecule has 0 saturated carbocycles. The molecule has 0 radical (unpaired) electrons. The highest BCUT2D eigenvalue weighted by Gasteiger charge is 2.27. The van der Waals surface area contributed by atoms with Crippen LogP contribution in [0, 0.1) is 0 Å². The third-order valence-electron chi connectivity index (χ3n) is 5.40. The van der Waals surface area contributed by atoms with E-state index in [2.05, 4.69) is 37.9 Å². The lowest BCUT2D eigenvalue weighted by atomic mass is 9.91. The molecule has 1 aliphatic carbocycles. The van der Waals surface area contributed by atoms with E-state index in [0.29, 0.717) is 17.4 Å². The van der Waals surface area contributed by atoms with Crippen molar-refractivity contribution in [3.05, 3.63) is 52.5 Å². The Hall–Kier alpha value is -2.82. The lowest BCUT2D eigenvalue weighted by Gasteiger charge is -2.21. The largest absolute Gasteiger partial charge is 0.295 e. The summed E-state index contributed by atoms with van der Waals surface area (Å²) >= 11 is 0. The fourth-order valence-corrected chi connectivity index (χ4v) is 3.87. The van der Waals surface area contributed by atoms with Gasteiger partial charge in [0.05, 0.1) is 28.5 Å². The molecule has 0 spiro atoms. The summed E-state index contributed by atoms with van der Waals surface area (Å²) in [5.41, 5.74) is 9.02. The summed E-state index contributed by atoms with van der Waals surface area (Å²) < 4.78 is 0. The normalized spacial score (nSPS) is 13.0. The number of hydrogen-bond donors (Lipinski definition) is 1. The molecule has 3 aromatic rings. The average Bonchev–Trinajstić information content (AvgIpc) is 3.11. The molecule has 144 valence electrons. The minimum absolute atomic E-state index is 0.0713. The second kappa shape index (κ2) is 6.97. The summed E-state index contributed by atoms with van der Waals surface area (Å²) in [6.45, 7) is 10.3. The van der Waals surface area contributed by atoms with Gasteiger partial charge in [-0.2, -0.15) is 5.10 Å². The molecule has 1 aromatic carbocycles. The molecular weight excluding hydrogens is 348 g/mol. The number of carbonyl (C=O) groups is 1. The van der Waals surface area contributed by atoms with Crippen molar-refractivity contribution in [2.75, 3.05) is 0 Å². The number of hydrogen-bond acceptors (Lipinski definition) is 4. The highest BCUT2D eigenvalue weighted by atomic mass is 16.1. The maximum absolute atomic E-state index is 11.5. The van der Waals surface area contributed by atoms with E-state index in [1.165, 1.54) is 5.56 Å². The van der Waals surface area contributed by atoms with Gasteiger partial charge in [-0.1, -0.05) is 52.0 Å². The first-order valence-electron chi connectivity index (χ1n) is 9.96. The quantitative estimate of drug-likeness (QED) is 0.646. The Labute approximate surface area is 165 Å². The monoisotopic (exact) mass is 374 g/mol. The number of Topliss-reactive ketones (excluding diaryl/α,β-unsaturated/α-hetero) is 1. The second-order valence-electron chi connectivity index (χ2n) is 8.16. The number of ketones is 1. The molecule has 2 heterocycles. The lowest BCUT2D eigenvalue weighted by Crippen LogP contribution is -2.14. The van der Waals surface area contributed by atoms with Crippen molar-refractivity contribution in [2.45, 2.75) is 59.3 Å². The Morgan fingerprint density at radius 3 is 2.18 bits per heavy atom. The summed E-state index contributed by atoms with van der Waals surface area (Å²) in [6.07, 6.45) is 1.75. The van der Waals surface area contributed by atoms with Crippen LogP contribution in [0.3, 0.4) is 0 Å². The zero-order valence-corrected chi connectivity index (χ0v) is 17.1. The first-order valence-corrected chi connectivity index (χ1v) is 9.96. The van der Waals surface area contributed by atoms with E-state index in [0.717, 1.165) is 52.6 Å². The number of aromatic amines is 1. The third kappa shape index (κ3) is 3.05. The average molecular weight is 374 g/mol. The van der Waals surface area contributed by atoms with E-state index in [4.69, 9.17) is 9.97 Å². The number of fused-ring (bicyclic) bond motifs is 3. The molecule has 1 aliphatic rings. The fourth-order valence-electron chi connectivity index (χ4n) is 3.87. The van der Waals surface area contributed by atoms with Gasteiger partial charge in [-0.05, 0) is 31.6 Å². The standard InChI is InChI=1S/C23H26N4O/c1-12(2)19-20(13(3)4)25-23-18(24-19)11-10-17-21(26-27-22(17)23)16-8-6-15(7-9-16)14(5)28/h6-9,12-13H,10-11H2,1-5H3,(H,26,27). The number of nitrogens with zero attached hydrogens (tertiary/aromatic N) is 3. The van der Waals surface area contributed by atoms with Gasteiger partial charge in [-0.25, -0.2) is 4.98 Å². The molecule has 0 unspecified atom stereocenters. The van der Waals surface area contributed by atoms with Crippen molar-refractivity contribution in [3.63, 3.8) is 0 Å². The number of benzene rings is 1. The smallest absolute Gasteiger partial charge is 0.159 e. The van der Waals surface area contributed by atoms with Crippen molar-refractivity contribution in [2.24, 2.45) is 0 Å². The molecule has 0 atom stereocenters. The lowest BCUT2D eigenvalue weighted by molar-refractivity contribution is 0.101. The Balaban J connectivity index is 1.81. The van der Waals surface area contributed by atoms with Crippen LogP contribution in [0.2, 0.25) is 0 Å². The maximum atomic E-state index is 11.5. The van der Waals surface area contributed by atoms with E-state index in [1.54, 1.807) is 6.92 Å². The summed E-state index contributed by atoms with van der Waals surface area (Å²) in [5.74, 6) is 0.748. The molecule has 1 N–H and O–H groups in total. The van der Waals surface area contributed by atoms with Gasteiger partial charge in [0.2, 0.25) is 0 Å². The molecule has 0 aliphatic heterocycles. The SMILES string of the molecule is CC(=O)c1ccc(-c2n[nH]c3c2CCc2nc(C(C)C)c(C(C)C)nc2-3)cc1. The van der Waals surface area contributed by atoms with Crippen LogP contribution < -0.4 is 0 Å². The van der Waals surface area contributed by atoms with Crippen LogP contribution in [0.4, 0.5) is 0 Å². The van der Waals surface area contributed by atoms with Gasteiger partial charge < -0.3 is 0 Å². The highest BCUT2D eigenvalue weighted by molar-refractivity contribution is 5.94. The topological polar surface area (TPSA) is 71.5 Å². The Kier molecular flexibility index (Phi) is 4.61. The molecule has 28 heavy (non-hydrogen) atoms. The fraction of sp³-hybridized carbons (Fsp3) is 0.391. The van der Waals surface area contributed by atoms with Gasteiger partial charge in [0, 0.05) is 16.7 Å². The minimum atomic E-state index is 0.0713. The van der Waals surface area contributed by atoms with Gasteiger partial charge >= 0.3 is 0 Å². The number of carbonyl (C=O) groups excluding carboxylic acids is 1. The van der Waals surface area contributed by atoms with Crippen LogP contribution in [-0.4, -0.2) is 25.9 Å². The van der Waals surface area contributed by atoms with Gasteiger partial charge in [-0.15, -0.1) is 0 Å². The number of H-pyrrole nitrogens is 1. The van der Waals surface area contributed by atoms with Gasteiger partial charge in [-0.3, -0.25) is 14.9 Å². The minimum Gasteiger partial charge on any atom is -0.295 e. The first-order chi connectivity index (χ1) is 13.4. The molecule has 4 rings (SSSR count). The number of rotatable bonds is 4. The Morgan fingerprint density at radius 1 is 0.929 bits per heavy atom. The second-order valence-corrected chi connectivity index (χ2v) is 8.16. The molecule has 0 amide bonds. The predicted octanol–water partition coefficient (Wildman–Crippen LogP) is 5.08. The first kappa shape index (κ1) is 18.5.